The summed E-state index contributed by atoms with van der Waals surface area (Å²) in [6.45, 7) is 0. The van der Waals surface area contributed by atoms with E-state index in [9.17, 15) is 0 Å². The molecule has 0 saturated carbocycles. The molecular formula is C9H7IOS. The molecule has 2 aromatic rings. The van der Waals surface area contributed by atoms with Crippen molar-refractivity contribution in [1.82, 2.24) is 0 Å². The molecule has 3 heteroatoms. The normalized spacial score (nSPS) is 10.5. The summed E-state index contributed by atoms with van der Waals surface area (Å²) in [5, 5.41) is 1.22. The van der Waals surface area contributed by atoms with Gasteiger partial charge in [0.1, 0.15) is 2.88 Å². The van der Waals surface area contributed by atoms with E-state index in [1.165, 1.54) is 13.0 Å². The number of hydrogen-bond donors (Lipinski definition) is 0. The standard InChI is InChI=1S/C9H7IOS/c1-11-8-6-4-2-3-5-7(6)12-9(8)10/h2-5H,1H3. The van der Waals surface area contributed by atoms with E-state index in [0.29, 0.717) is 0 Å². The second kappa shape index (κ2) is 3.22. The van der Waals surface area contributed by atoms with Gasteiger partial charge in [0, 0.05) is 10.1 Å². The second-order valence-corrected chi connectivity index (χ2v) is 5.27. The fourth-order valence-electron chi connectivity index (χ4n) is 1.18. The molecule has 0 aliphatic rings. The maximum Gasteiger partial charge on any atom is 0.150 e. The van der Waals surface area contributed by atoms with Crippen LogP contribution in [0.15, 0.2) is 24.3 Å². The van der Waals surface area contributed by atoms with Crippen molar-refractivity contribution in [1.29, 1.82) is 0 Å². The van der Waals surface area contributed by atoms with Crippen LogP contribution in [0.2, 0.25) is 0 Å². The second-order valence-electron chi connectivity index (χ2n) is 2.41. The van der Waals surface area contributed by atoms with Gasteiger partial charge in [0.25, 0.3) is 0 Å². The molecule has 0 radical (unpaired) electrons. The molecule has 0 unspecified atom stereocenters. The lowest BCUT2D eigenvalue weighted by Crippen LogP contribution is -1.80. The van der Waals surface area contributed by atoms with E-state index in [1.807, 2.05) is 12.1 Å². The largest absolute Gasteiger partial charge is 0.494 e. The van der Waals surface area contributed by atoms with Gasteiger partial charge >= 0.3 is 0 Å². The minimum absolute atomic E-state index is 1.01. The average Bonchev–Trinajstić information content (AvgIpc) is 2.40. The van der Waals surface area contributed by atoms with Gasteiger partial charge in [-0.15, -0.1) is 11.3 Å². The van der Waals surface area contributed by atoms with Crippen LogP contribution in [0.1, 0.15) is 0 Å². The zero-order valence-corrected chi connectivity index (χ0v) is 9.48. The van der Waals surface area contributed by atoms with Crippen molar-refractivity contribution in [3.63, 3.8) is 0 Å². The first-order chi connectivity index (χ1) is 5.83. The fourth-order valence-corrected chi connectivity index (χ4v) is 3.30. The Morgan fingerprint density at radius 2 is 2.08 bits per heavy atom. The number of thiophene rings is 1. The van der Waals surface area contributed by atoms with Crippen molar-refractivity contribution in [3.05, 3.63) is 27.1 Å². The van der Waals surface area contributed by atoms with E-state index in [-0.39, 0.29) is 0 Å². The number of rotatable bonds is 1. The van der Waals surface area contributed by atoms with Gasteiger partial charge in [0.15, 0.2) is 5.75 Å². The maximum atomic E-state index is 5.30. The minimum atomic E-state index is 1.01. The molecule has 0 bridgehead atoms. The molecule has 0 aliphatic carbocycles. The molecule has 1 nitrogen and oxygen atoms in total. The van der Waals surface area contributed by atoms with Gasteiger partial charge in [-0.3, -0.25) is 0 Å². The summed E-state index contributed by atoms with van der Waals surface area (Å²) >= 11 is 4.07. The van der Waals surface area contributed by atoms with Crippen LogP contribution in [-0.4, -0.2) is 7.11 Å². The lowest BCUT2D eigenvalue weighted by Gasteiger charge is -1.96. The van der Waals surface area contributed by atoms with Crippen LogP contribution >= 0.6 is 33.9 Å². The van der Waals surface area contributed by atoms with Crippen LogP contribution in [0, 0.1) is 2.88 Å². The Bertz CT molecular complexity index is 408. The first-order valence-electron chi connectivity index (χ1n) is 3.54. The highest BCUT2D eigenvalue weighted by atomic mass is 127. The van der Waals surface area contributed by atoms with Crippen LogP contribution < -0.4 is 4.74 Å². The zero-order valence-electron chi connectivity index (χ0n) is 6.50. The summed E-state index contributed by atoms with van der Waals surface area (Å²) < 4.78 is 7.81. The predicted molar refractivity (Wildman–Crippen MR) is 61.1 cm³/mol. The summed E-state index contributed by atoms with van der Waals surface area (Å²) in [4.78, 5) is 0. The van der Waals surface area contributed by atoms with Crippen molar-refractivity contribution < 1.29 is 4.74 Å². The molecule has 1 aromatic carbocycles. The van der Waals surface area contributed by atoms with Crippen LogP contribution in [0.25, 0.3) is 10.1 Å². The number of fused-ring (bicyclic) bond motifs is 1. The summed E-state index contributed by atoms with van der Waals surface area (Å²) in [5.41, 5.74) is 0. The third kappa shape index (κ3) is 1.21. The number of methoxy groups -OCH3 is 1. The molecule has 62 valence electrons. The predicted octanol–water partition coefficient (Wildman–Crippen LogP) is 3.51. The van der Waals surface area contributed by atoms with E-state index < -0.39 is 0 Å². The van der Waals surface area contributed by atoms with Crippen LogP contribution in [0.3, 0.4) is 0 Å². The van der Waals surface area contributed by atoms with Gasteiger partial charge in [0.2, 0.25) is 0 Å². The molecule has 0 saturated heterocycles. The summed E-state index contributed by atoms with van der Waals surface area (Å²) in [6.07, 6.45) is 0. The van der Waals surface area contributed by atoms with E-state index in [1.54, 1.807) is 18.4 Å². The number of halogens is 1. The van der Waals surface area contributed by atoms with Crippen molar-refractivity contribution >= 4 is 44.0 Å². The first kappa shape index (κ1) is 8.31. The Hall–Kier alpha value is -0.290. The number of ether oxygens (including phenoxy) is 1. The molecule has 1 heterocycles. The van der Waals surface area contributed by atoms with Gasteiger partial charge in [-0.25, -0.2) is 0 Å². The monoisotopic (exact) mass is 290 g/mol. The maximum absolute atomic E-state index is 5.30. The Morgan fingerprint density at radius 1 is 1.33 bits per heavy atom. The molecule has 2 rings (SSSR count). The molecular weight excluding hydrogens is 283 g/mol. The highest BCUT2D eigenvalue weighted by Gasteiger charge is 2.08. The Kier molecular flexibility index (Phi) is 2.23. The topological polar surface area (TPSA) is 9.23 Å². The van der Waals surface area contributed by atoms with Crippen molar-refractivity contribution in [2.75, 3.05) is 7.11 Å². The molecule has 12 heavy (non-hydrogen) atoms. The van der Waals surface area contributed by atoms with E-state index in [2.05, 4.69) is 34.7 Å². The van der Waals surface area contributed by atoms with Gasteiger partial charge in [-0.05, 0) is 34.7 Å². The minimum Gasteiger partial charge on any atom is -0.494 e. The Morgan fingerprint density at radius 3 is 2.83 bits per heavy atom. The molecule has 0 N–H and O–H groups in total. The highest BCUT2D eigenvalue weighted by Crippen LogP contribution is 2.37. The Labute approximate surface area is 88.5 Å². The zero-order chi connectivity index (χ0) is 8.55. The summed E-state index contributed by atoms with van der Waals surface area (Å²) in [6, 6.07) is 8.29. The van der Waals surface area contributed by atoms with Crippen molar-refractivity contribution in [3.8, 4) is 5.75 Å². The molecule has 0 amide bonds. The van der Waals surface area contributed by atoms with Crippen LogP contribution in [0.4, 0.5) is 0 Å². The summed E-state index contributed by atoms with van der Waals surface area (Å²) in [7, 11) is 1.72. The lowest BCUT2D eigenvalue weighted by molar-refractivity contribution is 0.419. The van der Waals surface area contributed by atoms with Gasteiger partial charge in [-0.2, -0.15) is 0 Å². The van der Waals surface area contributed by atoms with Gasteiger partial charge < -0.3 is 4.74 Å². The molecule has 0 atom stereocenters. The van der Waals surface area contributed by atoms with Crippen molar-refractivity contribution in [2.24, 2.45) is 0 Å². The van der Waals surface area contributed by atoms with Crippen LogP contribution in [-0.2, 0) is 0 Å². The molecule has 1 aromatic heterocycles. The first-order valence-corrected chi connectivity index (χ1v) is 5.43. The Balaban J connectivity index is 2.81. The van der Waals surface area contributed by atoms with Crippen LogP contribution in [0.5, 0.6) is 5.75 Å². The van der Waals surface area contributed by atoms with Gasteiger partial charge in [-0.1, -0.05) is 12.1 Å². The van der Waals surface area contributed by atoms with E-state index >= 15 is 0 Å². The molecule has 0 aliphatic heterocycles. The average molecular weight is 290 g/mol. The lowest BCUT2D eigenvalue weighted by atomic mass is 10.2. The smallest absolute Gasteiger partial charge is 0.150 e. The fraction of sp³-hybridized carbons (Fsp3) is 0.111. The summed E-state index contributed by atoms with van der Waals surface area (Å²) in [5.74, 6) is 1.01. The SMILES string of the molecule is COc1c(I)sc2ccccc12. The van der Waals surface area contributed by atoms with Gasteiger partial charge in [0.05, 0.1) is 7.11 Å². The molecule has 0 spiro atoms. The number of benzene rings is 1. The molecule has 0 fully saturated rings. The third-order valence-corrected chi connectivity index (χ3v) is 3.80. The van der Waals surface area contributed by atoms with Crippen molar-refractivity contribution in [2.45, 2.75) is 0 Å². The number of hydrogen-bond acceptors (Lipinski definition) is 2. The van der Waals surface area contributed by atoms with E-state index in [4.69, 9.17) is 4.74 Å². The highest BCUT2D eigenvalue weighted by molar-refractivity contribution is 14.1. The van der Waals surface area contributed by atoms with E-state index in [0.717, 1.165) is 5.75 Å². The third-order valence-electron chi connectivity index (χ3n) is 1.71. The quantitative estimate of drug-likeness (QED) is 0.730.